The summed E-state index contributed by atoms with van der Waals surface area (Å²) in [5.74, 6) is 1.17. The van der Waals surface area contributed by atoms with Gasteiger partial charge in [-0.05, 0) is 11.6 Å². The van der Waals surface area contributed by atoms with E-state index in [9.17, 15) is 14.9 Å². The normalized spacial score (nSPS) is 12.0. The van der Waals surface area contributed by atoms with Gasteiger partial charge in [0.1, 0.15) is 6.04 Å². The van der Waals surface area contributed by atoms with E-state index in [0.717, 1.165) is 0 Å². The molecule has 1 heterocycles. The number of H-pyrrole nitrogens is 1. The van der Waals surface area contributed by atoms with Crippen molar-refractivity contribution in [2.45, 2.75) is 12.5 Å². The van der Waals surface area contributed by atoms with Gasteiger partial charge in [0.25, 0.3) is 5.69 Å². The highest BCUT2D eigenvalue weighted by Gasteiger charge is 2.21. The fraction of sp³-hybridized carbons (Fsp3) is 0.154. The minimum atomic E-state index is -1.16. The molecule has 102 valence electrons. The van der Waals surface area contributed by atoms with Crippen molar-refractivity contribution in [3.05, 3.63) is 39.6 Å². The molecule has 1 atom stereocenters. The highest BCUT2D eigenvalue weighted by Crippen LogP contribution is 2.30. The van der Waals surface area contributed by atoms with Gasteiger partial charge in [0.15, 0.2) is 0 Å². The molecule has 0 bridgehead atoms. The molecule has 0 spiro atoms. The lowest BCUT2D eigenvalue weighted by molar-refractivity contribution is -0.383. The third-order valence-corrected chi connectivity index (χ3v) is 2.96. The molecule has 2 rings (SSSR count). The molecule has 0 radical (unpaired) electrons. The van der Waals surface area contributed by atoms with Crippen molar-refractivity contribution in [1.29, 1.82) is 0 Å². The van der Waals surface area contributed by atoms with Crippen LogP contribution in [0, 0.1) is 22.5 Å². The summed E-state index contributed by atoms with van der Waals surface area (Å²) >= 11 is 0. The average molecular weight is 273 g/mol. The Morgan fingerprint density at radius 2 is 2.30 bits per heavy atom. The number of nitrogens with two attached hydrogens (primary N) is 1. The van der Waals surface area contributed by atoms with Crippen LogP contribution in [0.25, 0.3) is 10.9 Å². The number of terminal acetylenes is 1. The lowest BCUT2D eigenvalue weighted by Crippen LogP contribution is -2.32. The van der Waals surface area contributed by atoms with Gasteiger partial charge in [0, 0.05) is 24.2 Å². The Bertz CT molecular complexity index is 742. The van der Waals surface area contributed by atoms with Gasteiger partial charge in [-0.1, -0.05) is 5.92 Å². The van der Waals surface area contributed by atoms with E-state index in [1.54, 1.807) is 6.07 Å². The number of aromatic nitrogens is 1. The molecule has 1 aromatic heterocycles. The third kappa shape index (κ3) is 2.32. The number of carboxylic acids is 1. The number of nitro groups is 1. The first-order chi connectivity index (χ1) is 9.43. The van der Waals surface area contributed by atoms with Gasteiger partial charge < -0.3 is 15.8 Å². The number of nitrogens with zero attached hydrogens (tertiary/aromatic N) is 1. The number of fused-ring (bicyclic) bond motifs is 1. The summed E-state index contributed by atoms with van der Waals surface area (Å²) < 4.78 is 0. The number of carboxylic acid groups (broad SMARTS) is 1. The summed E-state index contributed by atoms with van der Waals surface area (Å²) in [5.41, 5.74) is 6.64. The number of non-ortho nitro benzene ring substituents is 1. The molecule has 7 heteroatoms. The van der Waals surface area contributed by atoms with Crippen LogP contribution in [0.4, 0.5) is 5.69 Å². The SMILES string of the molecule is C#Cc1cc([N+](=O)[O-])c2c(C[C@H](N)C(=O)O)c[nH]c2c1. The molecule has 20 heavy (non-hydrogen) atoms. The van der Waals surface area contributed by atoms with E-state index in [4.69, 9.17) is 17.3 Å². The molecule has 1 aromatic carbocycles. The topological polar surface area (TPSA) is 122 Å². The van der Waals surface area contributed by atoms with E-state index in [1.165, 1.54) is 12.3 Å². The van der Waals surface area contributed by atoms with Crippen LogP contribution in [0.15, 0.2) is 18.3 Å². The van der Waals surface area contributed by atoms with Gasteiger partial charge in [-0.3, -0.25) is 14.9 Å². The minimum absolute atomic E-state index is 0.00836. The summed E-state index contributed by atoms with van der Waals surface area (Å²) in [5, 5.41) is 20.3. The number of aliphatic carboxylic acids is 1. The van der Waals surface area contributed by atoms with Crippen molar-refractivity contribution >= 4 is 22.6 Å². The molecular weight excluding hydrogens is 262 g/mol. The van der Waals surface area contributed by atoms with Gasteiger partial charge in [-0.25, -0.2) is 0 Å². The molecule has 0 aliphatic carbocycles. The van der Waals surface area contributed by atoms with Crippen LogP contribution in [0.2, 0.25) is 0 Å². The van der Waals surface area contributed by atoms with Crippen LogP contribution in [-0.4, -0.2) is 27.0 Å². The zero-order chi connectivity index (χ0) is 14.9. The second-order valence-electron chi connectivity index (χ2n) is 4.28. The van der Waals surface area contributed by atoms with Crippen molar-refractivity contribution in [3.63, 3.8) is 0 Å². The molecule has 0 aliphatic heterocycles. The first-order valence-corrected chi connectivity index (χ1v) is 5.67. The van der Waals surface area contributed by atoms with E-state index >= 15 is 0 Å². The molecule has 7 nitrogen and oxygen atoms in total. The summed E-state index contributed by atoms with van der Waals surface area (Å²) in [7, 11) is 0. The van der Waals surface area contributed by atoms with Gasteiger partial charge >= 0.3 is 5.97 Å². The molecule has 0 saturated heterocycles. The maximum Gasteiger partial charge on any atom is 0.320 e. The number of hydrogen-bond donors (Lipinski definition) is 3. The van der Waals surface area contributed by atoms with Crippen molar-refractivity contribution in [2.75, 3.05) is 0 Å². The second kappa shape index (κ2) is 5.03. The monoisotopic (exact) mass is 273 g/mol. The summed E-state index contributed by atoms with van der Waals surface area (Å²) in [4.78, 5) is 24.2. The predicted molar refractivity (Wildman–Crippen MR) is 72.2 cm³/mol. The Labute approximate surface area is 113 Å². The first-order valence-electron chi connectivity index (χ1n) is 5.67. The van der Waals surface area contributed by atoms with E-state index in [2.05, 4.69) is 10.9 Å². The largest absolute Gasteiger partial charge is 0.480 e. The van der Waals surface area contributed by atoms with Gasteiger partial charge in [-0.15, -0.1) is 6.42 Å². The first kappa shape index (κ1) is 13.6. The van der Waals surface area contributed by atoms with Gasteiger partial charge in [0.2, 0.25) is 0 Å². The van der Waals surface area contributed by atoms with Gasteiger partial charge in [-0.2, -0.15) is 0 Å². The standard InChI is InChI=1S/C13H11N3O4/c1-2-7-3-10-12(11(4-7)16(19)20)8(6-15-10)5-9(14)13(17)18/h1,3-4,6,9,15H,5,14H2,(H,17,18)/t9-/m0/s1. The average Bonchev–Trinajstić information content (AvgIpc) is 2.80. The van der Waals surface area contributed by atoms with E-state index in [-0.39, 0.29) is 12.1 Å². The summed E-state index contributed by atoms with van der Waals surface area (Å²) in [6.45, 7) is 0. The lowest BCUT2D eigenvalue weighted by Gasteiger charge is -2.05. The van der Waals surface area contributed by atoms with Crippen molar-refractivity contribution < 1.29 is 14.8 Å². The predicted octanol–water partition coefficient (Wildman–Crippen LogP) is 1.01. The minimum Gasteiger partial charge on any atom is -0.480 e. The Morgan fingerprint density at radius 1 is 1.60 bits per heavy atom. The molecule has 0 saturated carbocycles. The zero-order valence-corrected chi connectivity index (χ0v) is 10.3. The van der Waals surface area contributed by atoms with E-state index < -0.39 is 16.9 Å². The van der Waals surface area contributed by atoms with Crippen LogP contribution in [0.5, 0.6) is 0 Å². The van der Waals surface area contributed by atoms with E-state index in [0.29, 0.717) is 22.0 Å². The summed E-state index contributed by atoms with van der Waals surface area (Å²) in [6.07, 6.45) is 6.76. The quantitative estimate of drug-likeness (QED) is 0.436. The number of aromatic amines is 1. The number of nitrogens with one attached hydrogen (secondary N) is 1. The highest BCUT2D eigenvalue weighted by atomic mass is 16.6. The van der Waals surface area contributed by atoms with Crippen LogP contribution < -0.4 is 5.73 Å². The van der Waals surface area contributed by atoms with Crippen LogP contribution in [0.1, 0.15) is 11.1 Å². The fourth-order valence-electron chi connectivity index (χ4n) is 2.03. The maximum absolute atomic E-state index is 11.1. The smallest absolute Gasteiger partial charge is 0.320 e. The van der Waals surface area contributed by atoms with Gasteiger partial charge in [0.05, 0.1) is 15.8 Å². The van der Waals surface area contributed by atoms with Crippen LogP contribution in [-0.2, 0) is 11.2 Å². The van der Waals surface area contributed by atoms with Crippen molar-refractivity contribution in [1.82, 2.24) is 4.98 Å². The fourth-order valence-corrected chi connectivity index (χ4v) is 2.03. The number of rotatable bonds is 4. The molecule has 2 aromatic rings. The number of benzene rings is 1. The number of nitro benzene ring substituents is 1. The molecule has 0 amide bonds. The second-order valence-corrected chi connectivity index (χ2v) is 4.28. The van der Waals surface area contributed by atoms with Crippen molar-refractivity contribution in [3.8, 4) is 12.3 Å². The van der Waals surface area contributed by atoms with E-state index in [1.807, 2.05) is 0 Å². The summed E-state index contributed by atoms with van der Waals surface area (Å²) in [6, 6.07) is 1.75. The van der Waals surface area contributed by atoms with Crippen molar-refractivity contribution in [2.24, 2.45) is 5.73 Å². The molecule has 0 fully saturated rings. The lowest BCUT2D eigenvalue weighted by atomic mass is 10.0. The number of hydrogen-bond acceptors (Lipinski definition) is 4. The zero-order valence-electron chi connectivity index (χ0n) is 10.3. The molecule has 4 N–H and O–H groups in total. The molecular formula is C13H11N3O4. The number of carbonyl (C=O) groups is 1. The third-order valence-electron chi connectivity index (χ3n) is 2.96. The molecule has 0 unspecified atom stereocenters. The highest BCUT2D eigenvalue weighted by molar-refractivity contribution is 5.93. The Hall–Kier alpha value is -2.85. The van der Waals surface area contributed by atoms with Crippen LogP contribution >= 0.6 is 0 Å². The molecule has 0 aliphatic rings. The Kier molecular flexibility index (Phi) is 3.41. The van der Waals surface area contributed by atoms with Crippen LogP contribution in [0.3, 0.4) is 0 Å². The Balaban J connectivity index is 2.61. The Morgan fingerprint density at radius 3 is 2.85 bits per heavy atom. The maximum atomic E-state index is 11.1.